The standard InChI is InChI=1S/C16H18N2O4/c1-11(2)13(12-6-4-3-5-7-12)10-17-16(19)14-8-9-15(22-14)18(20)21/h3-9,11,13H,10H2,1-2H3,(H,17,19)/t13-/m1/s1. The van der Waals surface area contributed by atoms with Crippen molar-refractivity contribution in [3.63, 3.8) is 0 Å². The lowest BCUT2D eigenvalue weighted by molar-refractivity contribution is -0.402. The van der Waals surface area contributed by atoms with Crippen molar-refractivity contribution in [2.75, 3.05) is 6.54 Å². The van der Waals surface area contributed by atoms with Gasteiger partial charge in [-0.15, -0.1) is 0 Å². The van der Waals surface area contributed by atoms with Gasteiger partial charge in [-0.2, -0.15) is 0 Å². The number of nitrogens with zero attached hydrogens (tertiary/aromatic N) is 1. The van der Waals surface area contributed by atoms with Crippen LogP contribution in [-0.2, 0) is 0 Å². The monoisotopic (exact) mass is 302 g/mol. The van der Waals surface area contributed by atoms with Crippen LogP contribution in [0.25, 0.3) is 0 Å². The molecule has 0 saturated carbocycles. The average molecular weight is 302 g/mol. The molecule has 0 saturated heterocycles. The van der Waals surface area contributed by atoms with Crippen LogP contribution in [0.5, 0.6) is 0 Å². The fraction of sp³-hybridized carbons (Fsp3) is 0.312. The van der Waals surface area contributed by atoms with Crippen LogP contribution in [0.3, 0.4) is 0 Å². The van der Waals surface area contributed by atoms with Crippen LogP contribution in [0.4, 0.5) is 5.88 Å². The Morgan fingerprint density at radius 2 is 1.91 bits per heavy atom. The van der Waals surface area contributed by atoms with Crippen LogP contribution in [0.2, 0.25) is 0 Å². The Morgan fingerprint density at radius 1 is 1.23 bits per heavy atom. The summed E-state index contributed by atoms with van der Waals surface area (Å²) in [6.07, 6.45) is 0. The van der Waals surface area contributed by atoms with Gasteiger partial charge in [0, 0.05) is 12.5 Å². The van der Waals surface area contributed by atoms with E-state index in [1.54, 1.807) is 0 Å². The van der Waals surface area contributed by atoms with E-state index in [1.165, 1.54) is 12.1 Å². The van der Waals surface area contributed by atoms with Crippen LogP contribution < -0.4 is 5.32 Å². The largest absolute Gasteiger partial charge is 0.433 e. The Morgan fingerprint density at radius 3 is 2.45 bits per heavy atom. The van der Waals surface area contributed by atoms with Crippen molar-refractivity contribution in [3.05, 3.63) is 63.9 Å². The maximum absolute atomic E-state index is 12.0. The second-order valence-corrected chi connectivity index (χ2v) is 5.37. The van der Waals surface area contributed by atoms with Gasteiger partial charge in [-0.05, 0) is 17.5 Å². The zero-order valence-electron chi connectivity index (χ0n) is 12.5. The highest BCUT2D eigenvalue weighted by Crippen LogP contribution is 2.23. The highest BCUT2D eigenvalue weighted by molar-refractivity contribution is 5.91. The Bertz CT molecular complexity index is 649. The molecule has 0 bridgehead atoms. The number of benzene rings is 1. The van der Waals surface area contributed by atoms with Crippen molar-refractivity contribution in [1.29, 1.82) is 0 Å². The average Bonchev–Trinajstić information content (AvgIpc) is 2.98. The van der Waals surface area contributed by atoms with E-state index in [2.05, 4.69) is 19.2 Å². The Balaban J connectivity index is 2.03. The fourth-order valence-corrected chi connectivity index (χ4v) is 2.28. The number of amides is 1. The lowest BCUT2D eigenvalue weighted by atomic mass is 9.88. The minimum atomic E-state index is -0.669. The number of hydrogen-bond donors (Lipinski definition) is 1. The minimum absolute atomic E-state index is 0.0535. The SMILES string of the molecule is CC(C)[C@@H](CNC(=O)c1ccc([N+](=O)[O-])o1)c1ccccc1. The van der Waals surface area contributed by atoms with Gasteiger partial charge in [0.1, 0.15) is 4.92 Å². The number of furan rings is 1. The summed E-state index contributed by atoms with van der Waals surface area (Å²) in [7, 11) is 0. The van der Waals surface area contributed by atoms with Gasteiger partial charge in [-0.25, -0.2) is 0 Å². The van der Waals surface area contributed by atoms with Crippen molar-refractivity contribution in [2.45, 2.75) is 19.8 Å². The zero-order chi connectivity index (χ0) is 16.1. The Hall–Kier alpha value is -2.63. The van der Waals surface area contributed by atoms with Gasteiger partial charge in [-0.3, -0.25) is 14.9 Å². The summed E-state index contributed by atoms with van der Waals surface area (Å²) < 4.78 is 4.89. The molecule has 0 spiro atoms. The third-order valence-electron chi connectivity index (χ3n) is 3.51. The molecule has 1 N–H and O–H groups in total. The van der Waals surface area contributed by atoms with Crippen LogP contribution in [0.1, 0.15) is 35.9 Å². The molecular formula is C16H18N2O4. The molecule has 1 aromatic heterocycles. The molecule has 1 atom stereocenters. The molecule has 1 amide bonds. The Labute approximate surface area is 128 Å². The van der Waals surface area contributed by atoms with Gasteiger partial charge in [-0.1, -0.05) is 44.2 Å². The molecule has 6 heteroatoms. The van der Waals surface area contributed by atoms with Gasteiger partial charge >= 0.3 is 5.88 Å². The highest BCUT2D eigenvalue weighted by Gasteiger charge is 2.20. The van der Waals surface area contributed by atoms with Gasteiger partial charge in [0.15, 0.2) is 5.76 Å². The molecule has 0 aliphatic carbocycles. The van der Waals surface area contributed by atoms with E-state index < -0.39 is 16.7 Å². The molecule has 116 valence electrons. The smallest absolute Gasteiger partial charge is 0.395 e. The van der Waals surface area contributed by atoms with Crippen molar-refractivity contribution < 1.29 is 14.1 Å². The van der Waals surface area contributed by atoms with Crippen molar-refractivity contribution in [2.24, 2.45) is 5.92 Å². The maximum Gasteiger partial charge on any atom is 0.433 e. The molecule has 0 radical (unpaired) electrons. The van der Waals surface area contributed by atoms with Crippen molar-refractivity contribution in [3.8, 4) is 0 Å². The summed E-state index contributed by atoms with van der Waals surface area (Å²) in [5.41, 5.74) is 1.14. The number of nitro groups is 1. The molecule has 0 aliphatic heterocycles. The first-order valence-electron chi connectivity index (χ1n) is 7.06. The molecule has 1 aromatic carbocycles. The first-order valence-corrected chi connectivity index (χ1v) is 7.06. The van der Waals surface area contributed by atoms with Crippen molar-refractivity contribution >= 4 is 11.8 Å². The molecular weight excluding hydrogens is 284 g/mol. The zero-order valence-corrected chi connectivity index (χ0v) is 12.5. The highest BCUT2D eigenvalue weighted by atomic mass is 16.6. The quantitative estimate of drug-likeness (QED) is 0.655. The van der Waals surface area contributed by atoms with E-state index in [9.17, 15) is 14.9 Å². The summed E-state index contributed by atoms with van der Waals surface area (Å²) in [5.74, 6) is -0.436. The number of carbonyl (C=O) groups excluding carboxylic acids is 1. The second-order valence-electron chi connectivity index (χ2n) is 5.37. The topological polar surface area (TPSA) is 85.4 Å². The summed E-state index contributed by atoms with van der Waals surface area (Å²) in [6.45, 7) is 4.61. The molecule has 0 fully saturated rings. The van der Waals surface area contributed by atoms with Gasteiger partial charge < -0.3 is 9.73 Å². The second kappa shape index (κ2) is 6.89. The predicted octanol–water partition coefficient (Wildman–Crippen LogP) is 3.36. The lowest BCUT2D eigenvalue weighted by Gasteiger charge is -2.21. The van der Waals surface area contributed by atoms with E-state index in [-0.39, 0.29) is 11.7 Å². The van der Waals surface area contributed by atoms with Crippen LogP contribution >= 0.6 is 0 Å². The third kappa shape index (κ3) is 3.72. The van der Waals surface area contributed by atoms with Crippen LogP contribution in [-0.4, -0.2) is 17.4 Å². The maximum atomic E-state index is 12.0. The normalized spacial score (nSPS) is 12.1. The molecule has 1 heterocycles. The first kappa shape index (κ1) is 15.8. The number of rotatable bonds is 6. The molecule has 2 rings (SSSR count). The summed E-state index contributed by atoms with van der Waals surface area (Å²) in [5, 5.41) is 13.3. The Kier molecular flexibility index (Phi) is 4.93. The molecule has 0 aliphatic rings. The van der Waals surface area contributed by atoms with E-state index >= 15 is 0 Å². The summed E-state index contributed by atoms with van der Waals surface area (Å²) >= 11 is 0. The first-order chi connectivity index (χ1) is 10.5. The van der Waals surface area contributed by atoms with E-state index in [1.807, 2.05) is 30.3 Å². The summed E-state index contributed by atoms with van der Waals surface area (Å²) in [6, 6.07) is 12.4. The number of nitrogens with one attached hydrogen (secondary N) is 1. The number of carbonyl (C=O) groups is 1. The van der Waals surface area contributed by atoms with Gasteiger partial charge in [0.05, 0.1) is 6.07 Å². The van der Waals surface area contributed by atoms with Gasteiger partial charge in [0.25, 0.3) is 5.91 Å². The van der Waals surface area contributed by atoms with Crippen LogP contribution in [0.15, 0.2) is 46.9 Å². The predicted molar refractivity (Wildman–Crippen MR) is 81.7 cm³/mol. The molecule has 6 nitrogen and oxygen atoms in total. The van der Waals surface area contributed by atoms with Crippen molar-refractivity contribution in [1.82, 2.24) is 5.32 Å². The fourth-order valence-electron chi connectivity index (χ4n) is 2.28. The molecule has 2 aromatic rings. The third-order valence-corrected chi connectivity index (χ3v) is 3.51. The molecule has 22 heavy (non-hydrogen) atoms. The molecule has 0 unspecified atom stereocenters. The van der Waals surface area contributed by atoms with E-state index in [0.29, 0.717) is 12.5 Å². The minimum Gasteiger partial charge on any atom is -0.395 e. The summed E-state index contributed by atoms with van der Waals surface area (Å²) in [4.78, 5) is 21.9. The van der Waals surface area contributed by atoms with E-state index in [4.69, 9.17) is 4.42 Å². The van der Waals surface area contributed by atoms with Gasteiger partial charge in [0.2, 0.25) is 0 Å². The number of hydrogen-bond acceptors (Lipinski definition) is 4. The van der Waals surface area contributed by atoms with Crippen LogP contribution in [0, 0.1) is 16.0 Å². The lowest BCUT2D eigenvalue weighted by Crippen LogP contribution is -2.30. The van der Waals surface area contributed by atoms with E-state index in [0.717, 1.165) is 5.56 Å².